The van der Waals surface area contributed by atoms with Crippen molar-refractivity contribution in [2.24, 2.45) is 5.10 Å². The minimum absolute atomic E-state index is 0.0796. The van der Waals surface area contributed by atoms with Gasteiger partial charge in [0.25, 0.3) is 0 Å². The lowest BCUT2D eigenvalue weighted by molar-refractivity contribution is -0.990. The molecule has 14 heteroatoms. The highest BCUT2D eigenvalue weighted by Gasteiger charge is 2.24. The molecule has 0 heterocycles. The number of ether oxygens (including phenoxy) is 1. The Bertz CT molecular complexity index is 984. The van der Waals surface area contributed by atoms with Gasteiger partial charge in [-0.3, -0.25) is 9.09 Å². The summed E-state index contributed by atoms with van der Waals surface area (Å²) in [7, 11) is 0.798. The molecule has 32 heavy (non-hydrogen) atoms. The molecular weight excluding hydrogens is 478 g/mol. The molecular formula is C18H25N4O7P2S+. The van der Waals surface area contributed by atoms with Gasteiger partial charge in [-0.1, -0.05) is 4.78 Å². The maximum Gasteiger partial charge on any atom is 0.540 e. The third-order valence-electron chi connectivity index (χ3n) is 4.15. The minimum atomic E-state index is -3.36. The molecule has 0 saturated heterocycles. The molecule has 2 atom stereocenters. The highest BCUT2D eigenvalue weighted by molar-refractivity contribution is 8.02. The smallest absolute Gasteiger partial charge is 0.540 e. The van der Waals surface area contributed by atoms with Gasteiger partial charge in [-0.05, 0) is 42.0 Å². The average molecular weight is 503 g/mol. The van der Waals surface area contributed by atoms with E-state index in [1.165, 1.54) is 31.1 Å². The van der Waals surface area contributed by atoms with Gasteiger partial charge in [0.2, 0.25) is 11.8 Å². The standard InChI is InChI=1S/C18H25N4O7P2S/c1-21(20-12-14-5-7-15(26-2)8-6-14)30(32)29-16-9-10-17(18(11-16)22(23)24)19-13-31(25,27-3)28-4/h5-12,19,22-23H,13H2,1-4H3/q+1/b20-12+. The molecule has 0 aliphatic carbocycles. The second kappa shape index (κ2) is 12.2. The van der Waals surface area contributed by atoms with Crippen molar-refractivity contribution in [2.75, 3.05) is 40.0 Å². The van der Waals surface area contributed by atoms with Gasteiger partial charge >= 0.3 is 14.7 Å². The van der Waals surface area contributed by atoms with E-state index in [2.05, 4.69) is 10.4 Å². The van der Waals surface area contributed by atoms with Crippen LogP contribution in [0, 0.1) is 5.21 Å². The maximum absolute atomic E-state index is 12.2. The first-order valence-electron chi connectivity index (χ1n) is 9.10. The van der Waals surface area contributed by atoms with Crippen LogP contribution in [0.1, 0.15) is 5.56 Å². The highest BCUT2D eigenvalue weighted by atomic mass is 32.4. The fourth-order valence-electron chi connectivity index (χ4n) is 2.33. The normalized spacial score (nSPS) is 13.0. The molecule has 2 unspecified atom stereocenters. The molecule has 2 aromatic rings. The number of hydrazone groups is 1. The van der Waals surface area contributed by atoms with Gasteiger partial charge in [0.05, 0.1) is 26.4 Å². The lowest BCUT2D eigenvalue weighted by atomic mass is 10.2. The molecule has 0 spiro atoms. The van der Waals surface area contributed by atoms with E-state index >= 15 is 0 Å². The monoisotopic (exact) mass is 503 g/mol. The van der Waals surface area contributed by atoms with Gasteiger partial charge in [-0.25, -0.2) is 5.21 Å². The van der Waals surface area contributed by atoms with Crippen LogP contribution in [0.5, 0.6) is 11.5 Å². The summed E-state index contributed by atoms with van der Waals surface area (Å²) < 4.78 is 34.2. The number of nitrogens with zero attached hydrogens (tertiary/aromatic N) is 2. The first kappa shape index (κ1) is 26.1. The fourth-order valence-corrected chi connectivity index (χ4v) is 4.03. The van der Waals surface area contributed by atoms with Crippen LogP contribution in [0.2, 0.25) is 0 Å². The maximum atomic E-state index is 12.2. The zero-order valence-electron chi connectivity index (χ0n) is 17.9. The number of methoxy groups -OCH3 is 1. The fraction of sp³-hybridized carbons (Fsp3) is 0.278. The Hall–Kier alpha value is -2.14. The van der Waals surface area contributed by atoms with E-state index in [-0.39, 0.29) is 23.4 Å². The second-order valence-corrected chi connectivity index (χ2v) is 10.6. The van der Waals surface area contributed by atoms with E-state index in [4.69, 9.17) is 30.1 Å². The summed E-state index contributed by atoms with van der Waals surface area (Å²) in [6.45, 7) is 0. The van der Waals surface area contributed by atoms with Crippen molar-refractivity contribution in [1.82, 2.24) is 4.78 Å². The molecule has 11 nitrogen and oxygen atoms in total. The van der Waals surface area contributed by atoms with Crippen molar-refractivity contribution in [3.05, 3.63) is 53.2 Å². The van der Waals surface area contributed by atoms with Crippen LogP contribution in [0.25, 0.3) is 0 Å². The molecule has 3 N–H and O–H groups in total. The number of anilines is 1. The van der Waals surface area contributed by atoms with Crippen molar-refractivity contribution in [3.8, 4) is 11.5 Å². The Kier molecular flexibility index (Phi) is 9.95. The third-order valence-corrected chi connectivity index (χ3v) is 7.68. The summed E-state index contributed by atoms with van der Waals surface area (Å²) in [5.74, 6) is 1.01. The predicted molar refractivity (Wildman–Crippen MR) is 126 cm³/mol. The van der Waals surface area contributed by atoms with Crippen LogP contribution in [-0.2, 0) is 25.4 Å². The van der Waals surface area contributed by atoms with Gasteiger partial charge < -0.3 is 24.3 Å². The Labute approximate surface area is 192 Å². The summed E-state index contributed by atoms with van der Waals surface area (Å²) in [6.07, 6.45) is 1.43. The predicted octanol–water partition coefficient (Wildman–Crippen LogP) is 3.07. The van der Waals surface area contributed by atoms with E-state index in [0.717, 1.165) is 11.3 Å². The van der Waals surface area contributed by atoms with Crippen molar-refractivity contribution in [2.45, 2.75) is 0 Å². The van der Waals surface area contributed by atoms with Crippen molar-refractivity contribution < 1.29 is 33.3 Å². The molecule has 174 valence electrons. The Morgan fingerprint density at radius 2 is 1.84 bits per heavy atom. The van der Waals surface area contributed by atoms with E-state index in [0.29, 0.717) is 0 Å². The zero-order valence-corrected chi connectivity index (χ0v) is 20.5. The van der Waals surface area contributed by atoms with Crippen LogP contribution in [0.15, 0.2) is 47.6 Å². The van der Waals surface area contributed by atoms with Gasteiger partial charge in [-0.2, -0.15) is 5.23 Å². The van der Waals surface area contributed by atoms with Crippen molar-refractivity contribution >= 4 is 44.1 Å². The Balaban J connectivity index is 2.07. The van der Waals surface area contributed by atoms with E-state index < -0.39 is 19.9 Å². The number of rotatable bonds is 12. The van der Waals surface area contributed by atoms with Crippen LogP contribution >= 0.6 is 14.7 Å². The quantitative estimate of drug-likeness (QED) is 0.226. The summed E-state index contributed by atoms with van der Waals surface area (Å²) in [4.78, 5) is 0. The van der Waals surface area contributed by atoms with Crippen molar-refractivity contribution in [1.29, 1.82) is 0 Å². The molecule has 0 aliphatic heterocycles. The molecule has 0 fully saturated rings. The van der Waals surface area contributed by atoms with Gasteiger partial charge in [0, 0.05) is 14.2 Å². The summed E-state index contributed by atoms with van der Waals surface area (Å²) in [5, 5.41) is 27.1. The van der Waals surface area contributed by atoms with Crippen LogP contribution in [0.4, 0.5) is 11.4 Å². The number of hydrogen-bond acceptors (Lipinski definition) is 10. The van der Waals surface area contributed by atoms with E-state index in [1.54, 1.807) is 26.4 Å². The SMILES string of the molecule is COc1ccc(/C=N/N(C)[P+](=S)Oc2ccc(NCP(=O)(OC)OC)c([NH+]([O-])O)c2)cc1. The lowest BCUT2D eigenvalue weighted by Crippen LogP contribution is -2.99. The number of nitrogens with one attached hydrogen (secondary N) is 2. The van der Waals surface area contributed by atoms with E-state index in [1.807, 2.05) is 24.3 Å². The first-order valence-corrected chi connectivity index (χ1v) is 13.1. The molecule has 0 saturated carbocycles. The van der Waals surface area contributed by atoms with Gasteiger partial charge in [-0.15, -0.1) is 5.10 Å². The second-order valence-electron chi connectivity index (χ2n) is 6.16. The summed E-state index contributed by atoms with van der Waals surface area (Å²) in [5.41, 5.74) is 1.01. The molecule has 0 aliphatic rings. The minimum Gasteiger partial charge on any atom is -0.595 e. The first-order chi connectivity index (χ1) is 15.2. The molecule has 0 radical (unpaired) electrons. The topological polar surface area (TPSA) is 129 Å². The lowest BCUT2D eigenvalue weighted by Gasteiger charge is -2.19. The van der Waals surface area contributed by atoms with Crippen molar-refractivity contribution in [3.63, 3.8) is 0 Å². The number of benzene rings is 2. The summed E-state index contributed by atoms with van der Waals surface area (Å²) >= 11 is 5.37. The van der Waals surface area contributed by atoms with Gasteiger partial charge in [0.1, 0.15) is 17.7 Å². The van der Waals surface area contributed by atoms with Crippen LogP contribution < -0.4 is 19.8 Å². The number of hydrogen-bond donors (Lipinski definition) is 3. The highest BCUT2D eigenvalue weighted by Crippen LogP contribution is 2.46. The molecule has 0 bridgehead atoms. The van der Waals surface area contributed by atoms with E-state index in [9.17, 15) is 15.0 Å². The third kappa shape index (κ3) is 7.47. The zero-order chi connectivity index (χ0) is 23.7. The largest absolute Gasteiger partial charge is 0.595 e. The average Bonchev–Trinajstić information content (AvgIpc) is 2.81. The molecule has 2 rings (SSSR count). The molecule has 0 aromatic heterocycles. The number of quaternary nitrogens is 1. The van der Waals surface area contributed by atoms with Crippen LogP contribution in [0.3, 0.4) is 0 Å². The molecule has 0 amide bonds. The molecule has 2 aromatic carbocycles. The Morgan fingerprint density at radius 3 is 2.41 bits per heavy atom. The van der Waals surface area contributed by atoms with Crippen LogP contribution in [-0.4, -0.2) is 50.9 Å². The Morgan fingerprint density at radius 1 is 1.22 bits per heavy atom. The summed E-state index contributed by atoms with van der Waals surface area (Å²) in [6, 6.07) is 11.7. The van der Waals surface area contributed by atoms with Gasteiger partial charge in [0.15, 0.2) is 11.4 Å².